The van der Waals surface area contributed by atoms with Gasteiger partial charge in [-0.25, -0.2) is 9.37 Å². The Kier molecular flexibility index (Phi) is 6.49. The molecular formula is C24H25FN4O3. The zero-order chi connectivity index (χ0) is 22.5. The SMILES string of the molecule is CCOc1ccc(-c2cc(=O)n(CC(=O)N3CCN(c4ccccc4F)CC3)cn2)cc1. The van der Waals surface area contributed by atoms with Crippen LogP contribution in [0.4, 0.5) is 10.1 Å². The Bertz CT molecular complexity index is 1140. The van der Waals surface area contributed by atoms with E-state index < -0.39 is 0 Å². The van der Waals surface area contributed by atoms with E-state index >= 15 is 0 Å². The van der Waals surface area contributed by atoms with Crippen molar-refractivity contribution in [1.29, 1.82) is 0 Å². The highest BCUT2D eigenvalue weighted by Crippen LogP contribution is 2.21. The lowest BCUT2D eigenvalue weighted by Crippen LogP contribution is -2.50. The molecule has 4 rings (SSSR count). The minimum absolute atomic E-state index is 0.0743. The molecule has 8 heteroatoms. The molecule has 3 aromatic rings. The molecule has 1 aliphatic rings. The van der Waals surface area contributed by atoms with Gasteiger partial charge in [0.1, 0.15) is 18.1 Å². The van der Waals surface area contributed by atoms with Gasteiger partial charge < -0.3 is 14.5 Å². The third-order valence-corrected chi connectivity index (χ3v) is 5.47. The number of nitrogens with zero attached hydrogens (tertiary/aromatic N) is 4. The standard InChI is InChI=1S/C24H25FN4O3/c1-2-32-19-9-7-18(8-10-19)21-15-23(30)29(17-26-21)16-24(31)28-13-11-27(12-14-28)22-6-4-3-5-20(22)25/h3-10,15,17H,2,11-14,16H2,1H3. The lowest BCUT2D eigenvalue weighted by Gasteiger charge is -2.36. The van der Waals surface area contributed by atoms with E-state index in [4.69, 9.17) is 4.74 Å². The summed E-state index contributed by atoms with van der Waals surface area (Å²) in [4.78, 5) is 33.2. The van der Waals surface area contributed by atoms with Gasteiger partial charge in [-0.1, -0.05) is 12.1 Å². The Labute approximate surface area is 185 Å². The number of rotatable bonds is 6. The van der Waals surface area contributed by atoms with Crippen LogP contribution in [0.2, 0.25) is 0 Å². The number of piperazine rings is 1. The molecule has 0 atom stereocenters. The molecule has 0 aliphatic carbocycles. The predicted molar refractivity (Wildman–Crippen MR) is 120 cm³/mol. The smallest absolute Gasteiger partial charge is 0.254 e. The minimum Gasteiger partial charge on any atom is -0.494 e. The number of ether oxygens (including phenoxy) is 1. The maximum Gasteiger partial charge on any atom is 0.254 e. The summed E-state index contributed by atoms with van der Waals surface area (Å²) in [5.41, 5.74) is 1.60. The fraction of sp³-hybridized carbons (Fsp3) is 0.292. The van der Waals surface area contributed by atoms with Crippen molar-refractivity contribution in [2.24, 2.45) is 0 Å². The van der Waals surface area contributed by atoms with Crippen molar-refractivity contribution in [3.8, 4) is 17.0 Å². The minimum atomic E-state index is -0.290. The molecule has 1 aromatic heterocycles. The highest BCUT2D eigenvalue weighted by molar-refractivity contribution is 5.76. The first-order valence-corrected chi connectivity index (χ1v) is 10.6. The van der Waals surface area contributed by atoms with Crippen molar-refractivity contribution in [3.63, 3.8) is 0 Å². The van der Waals surface area contributed by atoms with Gasteiger partial charge in [0, 0.05) is 37.8 Å². The van der Waals surface area contributed by atoms with Gasteiger partial charge in [0.05, 0.1) is 24.3 Å². The zero-order valence-corrected chi connectivity index (χ0v) is 17.9. The number of amides is 1. The van der Waals surface area contributed by atoms with Crippen LogP contribution in [0.25, 0.3) is 11.3 Å². The van der Waals surface area contributed by atoms with E-state index in [-0.39, 0.29) is 23.8 Å². The van der Waals surface area contributed by atoms with E-state index in [2.05, 4.69) is 4.98 Å². The highest BCUT2D eigenvalue weighted by atomic mass is 19.1. The van der Waals surface area contributed by atoms with Crippen LogP contribution >= 0.6 is 0 Å². The first kappa shape index (κ1) is 21.5. The van der Waals surface area contributed by atoms with Gasteiger partial charge in [0.15, 0.2) is 0 Å². The highest BCUT2D eigenvalue weighted by Gasteiger charge is 2.23. The summed E-state index contributed by atoms with van der Waals surface area (Å²) in [5, 5.41) is 0. The van der Waals surface area contributed by atoms with E-state index in [1.807, 2.05) is 36.1 Å². The van der Waals surface area contributed by atoms with E-state index in [1.165, 1.54) is 23.0 Å². The van der Waals surface area contributed by atoms with Gasteiger partial charge in [-0.05, 0) is 43.3 Å². The van der Waals surface area contributed by atoms with Crippen molar-refractivity contribution in [3.05, 3.63) is 77.1 Å². The molecule has 1 amide bonds. The molecule has 0 unspecified atom stereocenters. The molecule has 0 spiro atoms. The number of para-hydroxylation sites is 1. The van der Waals surface area contributed by atoms with Crippen molar-refractivity contribution < 1.29 is 13.9 Å². The monoisotopic (exact) mass is 436 g/mol. The third kappa shape index (κ3) is 4.80. The van der Waals surface area contributed by atoms with Crippen LogP contribution in [0, 0.1) is 5.82 Å². The first-order valence-electron chi connectivity index (χ1n) is 10.6. The fourth-order valence-corrected chi connectivity index (χ4v) is 3.74. The summed E-state index contributed by atoms with van der Waals surface area (Å²) in [5.74, 6) is 0.332. The number of carbonyl (C=O) groups excluding carboxylic acids is 1. The van der Waals surface area contributed by atoms with Crippen LogP contribution in [0.5, 0.6) is 5.75 Å². The second-order valence-electron chi connectivity index (χ2n) is 7.52. The Morgan fingerprint density at radius 3 is 2.44 bits per heavy atom. The van der Waals surface area contributed by atoms with Crippen LogP contribution in [0.1, 0.15) is 6.92 Å². The second kappa shape index (κ2) is 9.64. The summed E-state index contributed by atoms with van der Waals surface area (Å²) >= 11 is 0. The first-order chi connectivity index (χ1) is 15.5. The molecule has 0 N–H and O–H groups in total. The number of benzene rings is 2. The van der Waals surface area contributed by atoms with E-state index in [9.17, 15) is 14.0 Å². The molecule has 2 heterocycles. The topological polar surface area (TPSA) is 67.7 Å². The molecule has 1 fully saturated rings. The largest absolute Gasteiger partial charge is 0.494 e. The van der Waals surface area contributed by atoms with Crippen molar-refractivity contribution in [1.82, 2.24) is 14.5 Å². The van der Waals surface area contributed by atoms with Gasteiger partial charge in [-0.15, -0.1) is 0 Å². The van der Waals surface area contributed by atoms with E-state index in [1.54, 1.807) is 23.1 Å². The summed E-state index contributed by atoms with van der Waals surface area (Å²) in [7, 11) is 0. The van der Waals surface area contributed by atoms with E-state index in [0.29, 0.717) is 44.2 Å². The Morgan fingerprint density at radius 1 is 1.06 bits per heavy atom. The zero-order valence-electron chi connectivity index (χ0n) is 17.9. The molecular weight excluding hydrogens is 411 g/mol. The summed E-state index contributed by atoms with van der Waals surface area (Å²) in [6, 6.07) is 15.4. The average Bonchev–Trinajstić information content (AvgIpc) is 2.81. The summed E-state index contributed by atoms with van der Waals surface area (Å²) < 4.78 is 20.7. The molecule has 32 heavy (non-hydrogen) atoms. The number of carbonyl (C=O) groups is 1. The number of anilines is 1. The lowest BCUT2D eigenvalue weighted by molar-refractivity contribution is -0.132. The van der Waals surface area contributed by atoms with E-state index in [0.717, 1.165) is 11.3 Å². The maximum absolute atomic E-state index is 14.0. The molecule has 0 radical (unpaired) electrons. The van der Waals surface area contributed by atoms with Gasteiger partial charge in [-0.3, -0.25) is 14.2 Å². The van der Waals surface area contributed by atoms with Gasteiger partial charge in [-0.2, -0.15) is 0 Å². The van der Waals surface area contributed by atoms with Gasteiger partial charge >= 0.3 is 0 Å². The molecule has 1 aliphatic heterocycles. The van der Waals surface area contributed by atoms with Crippen LogP contribution in [0.15, 0.2) is 65.7 Å². The van der Waals surface area contributed by atoms with Crippen LogP contribution in [0.3, 0.4) is 0 Å². The molecule has 0 bridgehead atoms. The lowest BCUT2D eigenvalue weighted by atomic mass is 10.1. The predicted octanol–water partition coefficient (Wildman–Crippen LogP) is 2.80. The number of halogens is 1. The molecule has 2 aromatic carbocycles. The Morgan fingerprint density at radius 2 is 1.78 bits per heavy atom. The summed E-state index contributed by atoms with van der Waals surface area (Å²) in [6.07, 6.45) is 1.40. The fourth-order valence-electron chi connectivity index (χ4n) is 3.74. The van der Waals surface area contributed by atoms with Crippen LogP contribution in [-0.4, -0.2) is 53.1 Å². The number of hydrogen-bond acceptors (Lipinski definition) is 5. The second-order valence-corrected chi connectivity index (χ2v) is 7.52. The van der Waals surface area contributed by atoms with Crippen LogP contribution < -0.4 is 15.2 Å². The van der Waals surface area contributed by atoms with Crippen molar-refractivity contribution in [2.75, 3.05) is 37.7 Å². The molecule has 7 nitrogen and oxygen atoms in total. The van der Waals surface area contributed by atoms with Crippen molar-refractivity contribution >= 4 is 11.6 Å². The third-order valence-electron chi connectivity index (χ3n) is 5.47. The van der Waals surface area contributed by atoms with Crippen molar-refractivity contribution in [2.45, 2.75) is 13.5 Å². The number of hydrogen-bond donors (Lipinski definition) is 0. The Balaban J connectivity index is 1.37. The summed E-state index contributed by atoms with van der Waals surface area (Å²) in [6.45, 7) is 4.45. The molecule has 166 valence electrons. The quantitative estimate of drug-likeness (QED) is 0.595. The van der Waals surface area contributed by atoms with Crippen LogP contribution in [-0.2, 0) is 11.3 Å². The molecule has 1 saturated heterocycles. The van der Waals surface area contributed by atoms with Gasteiger partial charge in [0.25, 0.3) is 5.56 Å². The molecule has 0 saturated carbocycles. The number of aromatic nitrogens is 2. The maximum atomic E-state index is 14.0. The normalized spacial score (nSPS) is 13.8. The van der Waals surface area contributed by atoms with Gasteiger partial charge in [0.2, 0.25) is 5.91 Å². The average molecular weight is 436 g/mol. The Hall–Kier alpha value is -3.68.